The molecule has 3 N–H and O–H groups in total. The molecule has 35 heavy (non-hydrogen) atoms. The minimum Gasteiger partial charge on any atom is -0.360 e. The molecule has 1 atom stereocenters. The number of fused-ring (bicyclic) bond motifs is 1. The number of amides is 1. The monoisotopic (exact) mass is 517 g/mol. The maximum Gasteiger partial charge on any atom is 0.525 e. The van der Waals surface area contributed by atoms with E-state index in [4.69, 9.17) is 5.73 Å². The molecule has 1 aliphatic heterocycles. The molecular weight excluding hydrogens is 493 g/mol. The van der Waals surface area contributed by atoms with Crippen LogP contribution < -0.4 is 5.73 Å². The lowest BCUT2D eigenvalue weighted by molar-refractivity contribution is -0.359. The zero-order valence-electron chi connectivity index (χ0n) is 18.6. The summed E-state index contributed by atoms with van der Waals surface area (Å²) < 4.78 is 68.8. The summed E-state index contributed by atoms with van der Waals surface area (Å²) in [6.45, 7) is 1.07. The lowest BCUT2D eigenvalue weighted by atomic mass is 9.88. The first-order valence-electron chi connectivity index (χ1n) is 10.9. The zero-order valence-corrected chi connectivity index (χ0v) is 19.4. The predicted octanol–water partition coefficient (Wildman–Crippen LogP) is 5.58. The fraction of sp³-hybridized carbons (Fsp3) is 0.375. The molecule has 11 heteroatoms. The number of carbonyl (C=O) groups excluding carboxylic acids is 1. The van der Waals surface area contributed by atoms with Gasteiger partial charge in [-0.3, -0.25) is 9.53 Å². The molecular formula is C24H25ClF5N3O2. The highest BCUT2D eigenvalue weighted by atomic mass is 35.5. The minimum absolute atomic E-state index is 0. The molecule has 0 bridgehead atoms. The number of nitrogens with one attached hydrogen (secondary N) is 1. The third kappa shape index (κ3) is 6.12. The molecule has 0 saturated carbocycles. The number of carbonyl (C=O) groups is 1. The number of likely N-dealkylation sites (tertiary alicyclic amines) is 1. The second-order valence-electron chi connectivity index (χ2n) is 8.35. The van der Waals surface area contributed by atoms with Crippen LogP contribution in [0.25, 0.3) is 10.9 Å². The van der Waals surface area contributed by atoms with Crippen LogP contribution in [0.3, 0.4) is 0 Å². The molecule has 5 nitrogen and oxygen atoms in total. The van der Waals surface area contributed by atoms with Crippen molar-refractivity contribution in [3.05, 3.63) is 70.7 Å². The molecule has 3 aromatic rings. The first kappa shape index (κ1) is 26.9. The van der Waals surface area contributed by atoms with Crippen LogP contribution in [0.5, 0.6) is 0 Å². The molecule has 190 valence electrons. The molecule has 1 unspecified atom stereocenters. The number of rotatable bonds is 6. The average molecular weight is 518 g/mol. The van der Waals surface area contributed by atoms with Gasteiger partial charge in [0.05, 0.1) is 5.56 Å². The van der Waals surface area contributed by atoms with Gasteiger partial charge >= 0.3 is 6.36 Å². The lowest BCUT2D eigenvalue weighted by Gasteiger charge is -2.32. The van der Waals surface area contributed by atoms with Crippen LogP contribution in [0.15, 0.2) is 42.6 Å². The largest absolute Gasteiger partial charge is 0.525 e. The summed E-state index contributed by atoms with van der Waals surface area (Å²) in [4.78, 5) is 17.8. The second-order valence-corrected chi connectivity index (χ2v) is 8.35. The van der Waals surface area contributed by atoms with Gasteiger partial charge < -0.3 is 15.6 Å². The van der Waals surface area contributed by atoms with Crippen molar-refractivity contribution in [1.82, 2.24) is 9.88 Å². The number of halogens is 6. The Labute approximate surface area is 204 Å². The van der Waals surface area contributed by atoms with E-state index in [0.717, 1.165) is 5.56 Å². The maximum absolute atomic E-state index is 14.4. The number of hydrogen-bond acceptors (Lipinski definition) is 3. The highest BCUT2D eigenvalue weighted by Crippen LogP contribution is 2.33. The Balaban J connectivity index is 0.00000342. The number of nitrogens with two attached hydrogens (primary N) is 1. The molecule has 0 radical (unpaired) electrons. The summed E-state index contributed by atoms with van der Waals surface area (Å²) in [5, 5.41) is 0.365. The maximum atomic E-state index is 14.4. The van der Waals surface area contributed by atoms with Crippen molar-refractivity contribution < 1.29 is 31.5 Å². The Morgan fingerprint density at radius 3 is 2.57 bits per heavy atom. The van der Waals surface area contributed by atoms with E-state index in [1.165, 1.54) is 18.3 Å². The van der Waals surface area contributed by atoms with Crippen LogP contribution in [-0.2, 0) is 17.7 Å². The first-order valence-corrected chi connectivity index (χ1v) is 10.9. The molecule has 1 aromatic heterocycles. The predicted molar refractivity (Wildman–Crippen MR) is 123 cm³/mol. The molecule has 1 fully saturated rings. The average Bonchev–Trinajstić information content (AvgIpc) is 3.23. The highest BCUT2D eigenvalue weighted by molar-refractivity contribution is 6.08. The zero-order chi connectivity index (χ0) is 24.5. The normalized spacial score (nSPS) is 15.8. The molecule has 0 spiro atoms. The van der Waals surface area contributed by atoms with E-state index in [1.807, 2.05) is 0 Å². The number of hydrogen-bond donors (Lipinski definition) is 2. The Bertz CT molecular complexity index is 1180. The Morgan fingerprint density at radius 1 is 1.20 bits per heavy atom. The van der Waals surface area contributed by atoms with Gasteiger partial charge in [-0.15, -0.1) is 25.6 Å². The second kappa shape index (κ2) is 10.9. The fourth-order valence-electron chi connectivity index (χ4n) is 4.56. The van der Waals surface area contributed by atoms with E-state index >= 15 is 0 Å². The summed E-state index contributed by atoms with van der Waals surface area (Å²) in [7, 11) is 0. The van der Waals surface area contributed by atoms with Gasteiger partial charge in [-0.05, 0) is 47.6 Å². The number of piperidine rings is 1. The third-order valence-electron chi connectivity index (χ3n) is 6.18. The molecule has 1 saturated heterocycles. The fourth-order valence-corrected chi connectivity index (χ4v) is 4.56. The molecule has 1 aliphatic rings. The first-order chi connectivity index (χ1) is 16.2. The van der Waals surface area contributed by atoms with Crippen LogP contribution in [0, 0.1) is 5.82 Å². The standard InChI is InChI=1S/C24H24F5N3O2.ClH/c25-19-5-4-14(12-30)10-17(19)15-6-8-32(9-7-15)23(33)18-13-31-20-3-1-2-16(22(18)20)11-21(26)34-24(27,28)29;/h1-5,10,13,15,21,31H,6-9,11-12,30H2;1H. The number of ether oxygens (including phenoxy) is 1. The Kier molecular flexibility index (Phi) is 8.40. The molecule has 2 aromatic carbocycles. The lowest BCUT2D eigenvalue weighted by Crippen LogP contribution is -2.38. The van der Waals surface area contributed by atoms with Gasteiger partial charge in [0.1, 0.15) is 5.82 Å². The quantitative estimate of drug-likeness (QED) is 0.419. The molecule has 4 rings (SSSR count). The number of H-pyrrole nitrogens is 1. The Hall–Kier alpha value is -2.69. The van der Waals surface area contributed by atoms with E-state index in [9.17, 15) is 26.7 Å². The van der Waals surface area contributed by atoms with Crippen molar-refractivity contribution in [2.45, 2.75) is 44.4 Å². The van der Waals surface area contributed by atoms with E-state index in [1.54, 1.807) is 29.2 Å². The van der Waals surface area contributed by atoms with Crippen molar-refractivity contribution in [2.75, 3.05) is 13.1 Å². The summed E-state index contributed by atoms with van der Waals surface area (Å²) >= 11 is 0. The van der Waals surface area contributed by atoms with Crippen LogP contribution >= 0.6 is 12.4 Å². The summed E-state index contributed by atoms with van der Waals surface area (Å²) in [5.74, 6) is -0.675. The van der Waals surface area contributed by atoms with Crippen LogP contribution in [0.2, 0.25) is 0 Å². The van der Waals surface area contributed by atoms with Gasteiger partial charge in [0, 0.05) is 43.2 Å². The number of aromatic nitrogens is 1. The van der Waals surface area contributed by atoms with Gasteiger partial charge in [-0.2, -0.15) is 0 Å². The summed E-state index contributed by atoms with van der Waals surface area (Å²) in [6, 6.07) is 9.51. The van der Waals surface area contributed by atoms with Gasteiger partial charge in [0.15, 0.2) is 0 Å². The topological polar surface area (TPSA) is 71.3 Å². The van der Waals surface area contributed by atoms with Crippen molar-refractivity contribution in [3.63, 3.8) is 0 Å². The van der Waals surface area contributed by atoms with E-state index in [0.29, 0.717) is 48.9 Å². The Morgan fingerprint density at radius 2 is 1.91 bits per heavy atom. The highest BCUT2D eigenvalue weighted by Gasteiger charge is 2.34. The van der Waals surface area contributed by atoms with E-state index in [2.05, 4.69) is 9.72 Å². The summed E-state index contributed by atoms with van der Waals surface area (Å²) in [5.41, 5.74) is 8.08. The van der Waals surface area contributed by atoms with Gasteiger partial charge in [0.2, 0.25) is 6.36 Å². The van der Waals surface area contributed by atoms with E-state index in [-0.39, 0.29) is 41.2 Å². The van der Waals surface area contributed by atoms with Crippen molar-refractivity contribution in [1.29, 1.82) is 0 Å². The van der Waals surface area contributed by atoms with E-state index < -0.39 is 19.1 Å². The number of aromatic amines is 1. The van der Waals surface area contributed by atoms with Crippen molar-refractivity contribution in [3.8, 4) is 0 Å². The smallest absolute Gasteiger partial charge is 0.360 e. The number of alkyl halides is 4. The molecule has 2 heterocycles. The van der Waals surface area contributed by atoms with Gasteiger partial charge in [-0.1, -0.05) is 24.3 Å². The van der Waals surface area contributed by atoms with Gasteiger partial charge in [0.25, 0.3) is 5.91 Å². The third-order valence-corrected chi connectivity index (χ3v) is 6.18. The van der Waals surface area contributed by atoms with Crippen LogP contribution in [0.4, 0.5) is 22.0 Å². The van der Waals surface area contributed by atoms with Crippen LogP contribution in [-0.4, -0.2) is 41.6 Å². The molecule has 0 aliphatic carbocycles. The van der Waals surface area contributed by atoms with Gasteiger partial charge in [-0.25, -0.2) is 8.78 Å². The number of nitrogens with zero attached hydrogens (tertiary/aromatic N) is 1. The minimum atomic E-state index is -5.10. The SMILES string of the molecule is Cl.NCc1ccc(F)c(C2CCN(C(=O)c3c[nH]c4cccc(CC(F)OC(F)(F)F)c34)CC2)c1. The summed E-state index contributed by atoms with van der Waals surface area (Å²) in [6.07, 6.45) is -5.77. The van der Waals surface area contributed by atoms with Crippen molar-refractivity contribution >= 4 is 29.2 Å². The van der Waals surface area contributed by atoms with Crippen molar-refractivity contribution in [2.24, 2.45) is 5.73 Å². The molecule has 1 amide bonds. The van der Waals surface area contributed by atoms with Crippen LogP contribution in [0.1, 0.15) is 45.8 Å². The number of benzene rings is 2.